The van der Waals surface area contributed by atoms with E-state index in [2.05, 4.69) is 0 Å². The summed E-state index contributed by atoms with van der Waals surface area (Å²) in [5, 5.41) is 45.1. The number of primary amides is 1. The Morgan fingerprint density at radius 2 is 1.76 bits per heavy atom. The van der Waals surface area contributed by atoms with Gasteiger partial charge in [-0.2, -0.15) is 0 Å². The Labute approximate surface area is 219 Å². The quantitative estimate of drug-likeness (QED) is 0.386. The Hall–Kier alpha value is -4.11. The van der Waals surface area contributed by atoms with Gasteiger partial charge in [-0.15, -0.1) is 0 Å². The summed E-state index contributed by atoms with van der Waals surface area (Å²) in [5.41, 5.74) is 5.47. The Balaban J connectivity index is 1.73. The molecule has 0 radical (unpaired) electrons. The van der Waals surface area contributed by atoms with E-state index in [0.717, 1.165) is 23.2 Å². The van der Waals surface area contributed by atoms with E-state index in [1.807, 2.05) is 56.3 Å². The minimum Gasteiger partial charge on any atom is -0.508 e. The van der Waals surface area contributed by atoms with Crippen LogP contribution in [0.1, 0.15) is 36.5 Å². The molecule has 38 heavy (non-hydrogen) atoms. The highest BCUT2D eigenvalue weighted by Crippen LogP contribution is 2.54. The zero-order chi connectivity index (χ0) is 27.7. The first-order valence-corrected chi connectivity index (χ1v) is 12.5. The number of aliphatic hydroxyl groups excluding tert-OH is 2. The summed E-state index contributed by atoms with van der Waals surface area (Å²) in [6, 6.07) is 9.50. The second-order valence-electron chi connectivity index (χ2n) is 10.5. The smallest absolute Gasteiger partial charge is 0.255 e. The normalized spacial score (nSPS) is 24.6. The Bertz CT molecular complexity index is 1470. The largest absolute Gasteiger partial charge is 0.508 e. The molecule has 0 aromatic heterocycles. The van der Waals surface area contributed by atoms with E-state index >= 15 is 0 Å². The van der Waals surface area contributed by atoms with Gasteiger partial charge in [0.15, 0.2) is 11.4 Å². The molecule has 0 heterocycles. The molecule has 198 valence electrons. The van der Waals surface area contributed by atoms with Crippen molar-refractivity contribution in [2.45, 2.75) is 38.2 Å². The van der Waals surface area contributed by atoms with Gasteiger partial charge in [0.05, 0.1) is 5.56 Å². The monoisotopic (exact) mass is 518 g/mol. The van der Waals surface area contributed by atoms with Crippen LogP contribution in [-0.2, 0) is 27.2 Å². The van der Waals surface area contributed by atoms with Gasteiger partial charge in [-0.25, -0.2) is 0 Å². The van der Waals surface area contributed by atoms with Crippen molar-refractivity contribution in [3.8, 4) is 16.9 Å². The number of phenolic OH excluding ortho intramolecular Hbond substituents is 1. The molecular weight excluding hydrogens is 488 g/mol. The minimum absolute atomic E-state index is 0.0814. The molecule has 0 bridgehead atoms. The van der Waals surface area contributed by atoms with Gasteiger partial charge in [0.1, 0.15) is 22.8 Å². The molecule has 9 nitrogen and oxygen atoms in total. The molecule has 9 heteroatoms. The summed E-state index contributed by atoms with van der Waals surface area (Å²) in [5.74, 6) is -6.35. The van der Waals surface area contributed by atoms with Crippen molar-refractivity contribution >= 4 is 28.9 Å². The molecule has 0 unspecified atom stereocenters. The number of amides is 1. The summed E-state index contributed by atoms with van der Waals surface area (Å²) in [4.78, 5) is 40.0. The minimum atomic E-state index is -2.58. The Kier molecular flexibility index (Phi) is 5.87. The fourth-order valence-corrected chi connectivity index (χ4v) is 6.21. The number of benzene rings is 2. The van der Waals surface area contributed by atoms with Crippen molar-refractivity contribution < 1.29 is 34.8 Å². The third-order valence-corrected chi connectivity index (χ3v) is 8.20. The first-order valence-electron chi connectivity index (χ1n) is 12.5. The van der Waals surface area contributed by atoms with E-state index < -0.39 is 52.0 Å². The van der Waals surface area contributed by atoms with E-state index in [9.17, 15) is 34.8 Å². The number of aromatic hydroxyl groups is 1. The van der Waals surface area contributed by atoms with Gasteiger partial charge in [0.25, 0.3) is 5.91 Å². The van der Waals surface area contributed by atoms with Crippen LogP contribution in [0, 0.1) is 11.8 Å². The number of carbonyl (C=O) groups excluding carboxylic acids is 3. The number of aryl methyl sites for hydroxylation is 1. The third kappa shape index (κ3) is 3.45. The lowest BCUT2D eigenvalue weighted by atomic mass is 9.59. The number of hydrogen-bond donors (Lipinski definition) is 5. The SMILES string of the molecule is CCc1ccc(-c2cc(N(C)C)c3c(c2O)C(O)=C2C(=O)[C@]4(O)C(O)=C(C(N)=O)C(=O)C[C@@H]4C[C@@H]2C3)cc1. The molecule has 2 aromatic carbocycles. The molecule has 0 aliphatic heterocycles. The van der Waals surface area contributed by atoms with E-state index in [0.29, 0.717) is 11.1 Å². The van der Waals surface area contributed by atoms with Crippen LogP contribution in [0.15, 0.2) is 47.2 Å². The molecule has 0 spiro atoms. The van der Waals surface area contributed by atoms with E-state index in [4.69, 9.17) is 5.73 Å². The number of carbonyl (C=O) groups is 3. The third-order valence-electron chi connectivity index (χ3n) is 8.20. The second-order valence-corrected chi connectivity index (χ2v) is 10.5. The fourth-order valence-electron chi connectivity index (χ4n) is 6.21. The number of nitrogens with two attached hydrogens (primary N) is 1. The van der Waals surface area contributed by atoms with Gasteiger partial charge in [-0.1, -0.05) is 31.2 Å². The fraction of sp³-hybridized carbons (Fsp3) is 0.345. The van der Waals surface area contributed by atoms with Crippen LogP contribution < -0.4 is 10.6 Å². The summed E-state index contributed by atoms with van der Waals surface area (Å²) in [6.45, 7) is 2.04. The van der Waals surface area contributed by atoms with Crippen LogP contribution in [0.5, 0.6) is 5.75 Å². The van der Waals surface area contributed by atoms with Crippen LogP contribution in [0.25, 0.3) is 16.9 Å². The highest BCUT2D eigenvalue weighted by molar-refractivity contribution is 6.22. The lowest BCUT2D eigenvalue weighted by Gasteiger charge is -2.46. The highest BCUT2D eigenvalue weighted by atomic mass is 16.3. The maximum Gasteiger partial charge on any atom is 0.255 e. The van der Waals surface area contributed by atoms with E-state index in [1.165, 1.54) is 0 Å². The van der Waals surface area contributed by atoms with Crippen LogP contribution in [0.2, 0.25) is 0 Å². The molecule has 3 aliphatic rings. The van der Waals surface area contributed by atoms with Crippen LogP contribution >= 0.6 is 0 Å². The lowest BCUT2D eigenvalue weighted by molar-refractivity contribution is -0.147. The number of fused-ring (bicyclic) bond motifs is 3. The molecule has 6 N–H and O–H groups in total. The molecule has 5 rings (SSSR count). The number of hydrogen-bond acceptors (Lipinski definition) is 8. The maximum absolute atomic E-state index is 13.8. The predicted molar refractivity (Wildman–Crippen MR) is 141 cm³/mol. The van der Waals surface area contributed by atoms with Gasteiger partial charge in [0, 0.05) is 43.3 Å². The van der Waals surface area contributed by atoms with Crippen molar-refractivity contribution in [1.29, 1.82) is 0 Å². The molecule has 0 saturated heterocycles. The summed E-state index contributed by atoms with van der Waals surface area (Å²) in [6.07, 6.45) is 0.853. The van der Waals surface area contributed by atoms with Crippen molar-refractivity contribution in [1.82, 2.24) is 0 Å². The maximum atomic E-state index is 13.8. The molecule has 1 fully saturated rings. The summed E-state index contributed by atoms with van der Waals surface area (Å²) in [7, 11) is 3.68. The zero-order valence-electron chi connectivity index (χ0n) is 21.4. The average molecular weight is 519 g/mol. The van der Waals surface area contributed by atoms with Crippen LogP contribution in [0.3, 0.4) is 0 Å². The number of phenols is 1. The predicted octanol–water partition coefficient (Wildman–Crippen LogP) is 2.72. The van der Waals surface area contributed by atoms with Crippen LogP contribution in [-0.4, -0.2) is 57.6 Å². The number of aliphatic hydroxyl groups is 3. The number of Topliss-reactive ketones (excluding diaryl/α,β-unsaturated/α-hetero) is 2. The standard InChI is InChI=1S/C29H30N2O7/c1-4-13-5-7-14(8-6-13)17-12-19(31(2)3)18-10-15-9-16-11-20(32)23(28(30)37)27(36)29(16,38)26(35)21(15)25(34)22(18)24(17)33/h5-8,12,15-16,33-34,36,38H,4,9-11H2,1-3H3,(H2,30,37)/t15-,16+,29+/m1/s1. The average Bonchev–Trinajstić information content (AvgIpc) is 2.86. The van der Waals surface area contributed by atoms with Crippen LogP contribution in [0.4, 0.5) is 5.69 Å². The summed E-state index contributed by atoms with van der Waals surface area (Å²) >= 11 is 0. The first kappa shape index (κ1) is 25.5. The summed E-state index contributed by atoms with van der Waals surface area (Å²) < 4.78 is 0. The van der Waals surface area contributed by atoms with Gasteiger partial charge in [0.2, 0.25) is 5.78 Å². The molecule has 2 aromatic rings. The van der Waals surface area contributed by atoms with Gasteiger partial charge >= 0.3 is 0 Å². The lowest BCUT2D eigenvalue weighted by Crippen LogP contribution is -2.58. The Morgan fingerprint density at radius 3 is 2.34 bits per heavy atom. The zero-order valence-corrected chi connectivity index (χ0v) is 21.4. The number of nitrogens with zero attached hydrogens (tertiary/aromatic N) is 1. The molecule has 1 saturated carbocycles. The molecule has 1 amide bonds. The van der Waals surface area contributed by atoms with Crippen molar-refractivity contribution in [2.24, 2.45) is 17.6 Å². The topological polar surface area (TPSA) is 161 Å². The second kappa shape index (κ2) is 8.73. The highest BCUT2D eigenvalue weighted by Gasteiger charge is 2.60. The Morgan fingerprint density at radius 1 is 1.11 bits per heavy atom. The number of anilines is 1. The van der Waals surface area contributed by atoms with E-state index in [1.54, 1.807) is 0 Å². The molecule has 3 aliphatic carbocycles. The van der Waals surface area contributed by atoms with Gasteiger partial charge < -0.3 is 31.1 Å². The molecule has 3 atom stereocenters. The number of ketones is 2. The first-order chi connectivity index (χ1) is 17.9. The van der Waals surface area contributed by atoms with Crippen molar-refractivity contribution in [3.05, 3.63) is 63.9 Å². The van der Waals surface area contributed by atoms with Gasteiger partial charge in [-0.05, 0) is 47.9 Å². The van der Waals surface area contributed by atoms with Crippen molar-refractivity contribution in [3.63, 3.8) is 0 Å². The van der Waals surface area contributed by atoms with E-state index in [-0.39, 0.29) is 36.1 Å². The number of rotatable bonds is 4. The van der Waals surface area contributed by atoms with Crippen molar-refractivity contribution in [2.75, 3.05) is 19.0 Å². The molecular formula is C29H30N2O7. The van der Waals surface area contributed by atoms with Gasteiger partial charge in [-0.3, -0.25) is 14.4 Å².